The number of piperidine rings is 1. The van der Waals surface area contributed by atoms with E-state index in [1.165, 1.54) is 29.2 Å². The number of amides is 2. The summed E-state index contributed by atoms with van der Waals surface area (Å²) in [7, 11) is -3.79. The number of rotatable bonds is 6. The van der Waals surface area contributed by atoms with Crippen LogP contribution >= 0.6 is 11.6 Å². The van der Waals surface area contributed by atoms with Crippen molar-refractivity contribution in [2.75, 3.05) is 6.54 Å². The van der Waals surface area contributed by atoms with Gasteiger partial charge in [-0.25, -0.2) is 13.1 Å². The molecule has 9 nitrogen and oxygen atoms in total. The van der Waals surface area contributed by atoms with Gasteiger partial charge in [-0.05, 0) is 49.9 Å². The summed E-state index contributed by atoms with van der Waals surface area (Å²) in [6.07, 6.45) is 0.106. The zero-order chi connectivity index (χ0) is 20.5. The minimum absolute atomic E-state index is 0.0389. The molecule has 0 spiro atoms. The van der Waals surface area contributed by atoms with E-state index in [-0.39, 0.29) is 36.6 Å². The molecule has 2 aliphatic rings. The van der Waals surface area contributed by atoms with E-state index in [1.807, 2.05) is 0 Å². The zero-order valence-electron chi connectivity index (χ0n) is 14.8. The minimum atomic E-state index is -3.79. The lowest BCUT2D eigenvalue weighted by Crippen LogP contribution is -2.66. The molecule has 0 radical (unpaired) electrons. The summed E-state index contributed by atoms with van der Waals surface area (Å²) in [6.45, 7) is 0.201. The third-order valence-electron chi connectivity index (χ3n) is 4.89. The van der Waals surface area contributed by atoms with Gasteiger partial charge in [0.2, 0.25) is 21.8 Å². The van der Waals surface area contributed by atoms with Crippen molar-refractivity contribution in [3.05, 3.63) is 29.3 Å². The normalized spacial score (nSPS) is 25.2. The van der Waals surface area contributed by atoms with E-state index in [9.17, 15) is 27.9 Å². The Labute approximate surface area is 167 Å². The number of hydrogen-bond donors (Lipinski definition) is 2. The summed E-state index contributed by atoms with van der Waals surface area (Å²) in [5.74, 6) is -2.07. The van der Waals surface area contributed by atoms with Gasteiger partial charge < -0.3 is 20.1 Å². The Bertz CT molecular complexity index is 889. The monoisotopic (exact) mass is 428 g/mol. The van der Waals surface area contributed by atoms with Gasteiger partial charge >= 0.3 is 0 Å². The van der Waals surface area contributed by atoms with E-state index in [1.54, 1.807) is 0 Å². The molecule has 0 aromatic heterocycles. The Balaban J connectivity index is 1.66. The molecule has 11 heteroatoms. The summed E-state index contributed by atoms with van der Waals surface area (Å²) < 4.78 is 27.6. The number of fused-ring (bicyclic) bond motifs is 1. The molecule has 3 atom stereocenters. The van der Waals surface area contributed by atoms with E-state index in [0.717, 1.165) is 0 Å². The molecule has 152 valence electrons. The van der Waals surface area contributed by atoms with Gasteiger partial charge in [0.15, 0.2) is 0 Å². The predicted octanol–water partition coefficient (Wildman–Crippen LogP) is -0.994. The van der Waals surface area contributed by atoms with Crippen LogP contribution in [0.15, 0.2) is 29.2 Å². The maximum absolute atomic E-state index is 12.5. The van der Waals surface area contributed by atoms with Gasteiger partial charge in [0.1, 0.15) is 12.1 Å². The van der Waals surface area contributed by atoms with Crippen LogP contribution in [0.2, 0.25) is 5.02 Å². The van der Waals surface area contributed by atoms with Crippen LogP contribution < -0.4 is 15.1 Å². The lowest BCUT2D eigenvalue weighted by atomic mass is 9.92. The van der Waals surface area contributed by atoms with Gasteiger partial charge in [-0.15, -0.1) is 0 Å². The molecule has 0 saturated carbocycles. The smallest absolute Gasteiger partial charge is 0.245 e. The standard InChI is InChI=1S/C17H20ClN3O6S/c18-10-1-3-12(4-2-10)28(26,27)20-11-7-8-21-14(9-11)16(24)19-13(17(21)25)5-6-15(22)23/h1-4,11,13-14,20H,5-9H2,(H,19,24)(H,22,23)/p-1/t11-,13-,14-/m0/s1. The number of halogens is 1. The Morgan fingerprint density at radius 3 is 2.61 bits per heavy atom. The fourth-order valence-electron chi connectivity index (χ4n) is 3.47. The molecule has 0 aliphatic carbocycles. The number of benzene rings is 1. The van der Waals surface area contributed by atoms with Crippen LogP contribution in [0, 0.1) is 0 Å². The van der Waals surface area contributed by atoms with E-state index in [2.05, 4.69) is 10.0 Å². The quantitative estimate of drug-likeness (QED) is 0.597. The topological polar surface area (TPSA) is 136 Å². The van der Waals surface area contributed by atoms with Crippen molar-refractivity contribution in [2.45, 2.75) is 48.7 Å². The average molecular weight is 429 g/mol. The second kappa shape index (κ2) is 8.06. The summed E-state index contributed by atoms with van der Waals surface area (Å²) in [4.78, 5) is 37.0. The first-order chi connectivity index (χ1) is 13.2. The largest absolute Gasteiger partial charge is 0.550 e. The Morgan fingerprint density at radius 1 is 1.29 bits per heavy atom. The molecule has 2 aliphatic heterocycles. The summed E-state index contributed by atoms with van der Waals surface area (Å²) in [5, 5.41) is 13.5. The second-order valence-corrected chi connectivity index (χ2v) is 8.97. The molecule has 28 heavy (non-hydrogen) atoms. The first kappa shape index (κ1) is 20.6. The molecule has 1 aromatic rings. The number of carbonyl (C=O) groups excluding carboxylic acids is 3. The van der Waals surface area contributed by atoms with Crippen molar-refractivity contribution < 1.29 is 27.9 Å². The molecule has 0 bridgehead atoms. The third kappa shape index (κ3) is 4.45. The van der Waals surface area contributed by atoms with Crippen LogP contribution in [0.4, 0.5) is 0 Å². The number of piperazine rings is 1. The SMILES string of the molecule is O=C([O-])CC[C@@H]1NC(=O)[C@@H]2C[C@@H](NS(=O)(=O)c3ccc(Cl)cc3)CCN2C1=O. The molecule has 0 unspecified atom stereocenters. The molecular weight excluding hydrogens is 410 g/mol. The third-order valence-corrected chi connectivity index (χ3v) is 6.67. The molecule has 3 rings (SSSR count). The maximum atomic E-state index is 12.5. The van der Waals surface area contributed by atoms with E-state index >= 15 is 0 Å². The number of nitrogens with one attached hydrogen (secondary N) is 2. The van der Waals surface area contributed by atoms with Gasteiger partial charge in [0.25, 0.3) is 0 Å². The molecule has 2 heterocycles. The van der Waals surface area contributed by atoms with E-state index in [0.29, 0.717) is 11.4 Å². The zero-order valence-corrected chi connectivity index (χ0v) is 16.3. The van der Waals surface area contributed by atoms with Gasteiger partial charge in [-0.1, -0.05) is 11.6 Å². The van der Waals surface area contributed by atoms with Crippen LogP contribution in [0.3, 0.4) is 0 Å². The number of nitrogens with zero attached hydrogens (tertiary/aromatic N) is 1. The molecule has 2 fully saturated rings. The van der Waals surface area contributed by atoms with E-state index in [4.69, 9.17) is 11.6 Å². The Morgan fingerprint density at radius 2 is 1.96 bits per heavy atom. The molecular formula is C17H19ClN3O6S-. The summed E-state index contributed by atoms with van der Waals surface area (Å²) in [5.41, 5.74) is 0. The fraction of sp³-hybridized carbons (Fsp3) is 0.471. The van der Waals surface area contributed by atoms with Crippen LogP contribution in [-0.4, -0.2) is 55.8 Å². The number of carboxylic acid groups (broad SMARTS) is 1. The highest BCUT2D eigenvalue weighted by Crippen LogP contribution is 2.25. The summed E-state index contributed by atoms with van der Waals surface area (Å²) in [6, 6.07) is 3.51. The Kier molecular flexibility index (Phi) is 5.92. The lowest BCUT2D eigenvalue weighted by molar-refractivity contribution is -0.305. The fourth-order valence-corrected chi connectivity index (χ4v) is 4.88. The highest BCUT2D eigenvalue weighted by atomic mass is 35.5. The molecule has 1 aromatic carbocycles. The maximum Gasteiger partial charge on any atom is 0.245 e. The van der Waals surface area contributed by atoms with Crippen LogP contribution in [0.25, 0.3) is 0 Å². The molecule has 2 saturated heterocycles. The van der Waals surface area contributed by atoms with E-state index < -0.39 is 40.0 Å². The van der Waals surface area contributed by atoms with Gasteiger partial charge in [0, 0.05) is 23.6 Å². The van der Waals surface area contributed by atoms with Crippen molar-refractivity contribution in [1.82, 2.24) is 14.9 Å². The average Bonchev–Trinajstić information content (AvgIpc) is 2.63. The number of sulfonamides is 1. The number of carboxylic acids is 1. The molecule has 2 amide bonds. The number of aliphatic carboxylic acids is 1. The van der Waals surface area contributed by atoms with Crippen LogP contribution in [0.1, 0.15) is 25.7 Å². The van der Waals surface area contributed by atoms with Crippen molar-refractivity contribution in [2.24, 2.45) is 0 Å². The van der Waals surface area contributed by atoms with Crippen LogP contribution in [0.5, 0.6) is 0 Å². The predicted molar refractivity (Wildman–Crippen MR) is 96.5 cm³/mol. The Hall–Kier alpha value is -2.17. The van der Waals surface area contributed by atoms with Crippen molar-refractivity contribution in [3.8, 4) is 0 Å². The first-order valence-electron chi connectivity index (χ1n) is 8.76. The first-order valence-corrected chi connectivity index (χ1v) is 10.6. The highest BCUT2D eigenvalue weighted by Gasteiger charge is 2.44. The summed E-state index contributed by atoms with van der Waals surface area (Å²) >= 11 is 5.78. The van der Waals surface area contributed by atoms with Gasteiger partial charge in [-0.3, -0.25) is 9.59 Å². The second-order valence-electron chi connectivity index (χ2n) is 6.82. The number of carbonyl (C=O) groups is 3. The van der Waals surface area contributed by atoms with Gasteiger partial charge in [0.05, 0.1) is 4.90 Å². The van der Waals surface area contributed by atoms with Crippen molar-refractivity contribution in [3.63, 3.8) is 0 Å². The van der Waals surface area contributed by atoms with Crippen LogP contribution in [-0.2, 0) is 24.4 Å². The lowest BCUT2D eigenvalue weighted by Gasteiger charge is -2.44. The van der Waals surface area contributed by atoms with Gasteiger partial charge in [-0.2, -0.15) is 0 Å². The highest BCUT2D eigenvalue weighted by molar-refractivity contribution is 7.89. The van der Waals surface area contributed by atoms with Crippen molar-refractivity contribution in [1.29, 1.82) is 0 Å². The minimum Gasteiger partial charge on any atom is -0.550 e. The molecule has 2 N–H and O–H groups in total. The number of hydrogen-bond acceptors (Lipinski definition) is 6. The van der Waals surface area contributed by atoms with Crippen molar-refractivity contribution >= 4 is 39.4 Å².